The van der Waals surface area contributed by atoms with Gasteiger partial charge in [-0.15, -0.1) is 16.9 Å². The van der Waals surface area contributed by atoms with Gasteiger partial charge in [-0.2, -0.15) is 0 Å². The van der Waals surface area contributed by atoms with Crippen LogP contribution >= 0.6 is 11.8 Å². The van der Waals surface area contributed by atoms with Gasteiger partial charge >= 0.3 is 0 Å². The Bertz CT molecular complexity index is 1360. The number of rotatable bonds is 11. The molecule has 3 atom stereocenters. The minimum Gasteiger partial charge on any atom is -0.315 e. The van der Waals surface area contributed by atoms with Gasteiger partial charge in [0.2, 0.25) is 5.91 Å². The molecule has 0 aliphatic carbocycles. The molecule has 2 fully saturated rings. The van der Waals surface area contributed by atoms with Crippen LogP contribution in [0.5, 0.6) is 0 Å². The van der Waals surface area contributed by atoms with Crippen molar-refractivity contribution in [1.82, 2.24) is 30.4 Å². The largest absolute Gasteiger partial charge is 0.315 e. The van der Waals surface area contributed by atoms with Crippen molar-refractivity contribution in [3.8, 4) is 0 Å². The number of tetrazole rings is 1. The zero-order chi connectivity index (χ0) is 28.5. The normalized spacial score (nSPS) is 21.5. The number of nitrogens with one attached hydrogen (secondary N) is 1. The number of hydrogen-bond donors (Lipinski definition) is 1. The Labute approximate surface area is 246 Å². The molecule has 3 aromatic carbocycles. The number of amides is 1. The molecule has 4 aromatic rings. The van der Waals surface area contributed by atoms with E-state index in [0.29, 0.717) is 0 Å². The average molecular weight is 567 g/mol. The van der Waals surface area contributed by atoms with Gasteiger partial charge in [0, 0.05) is 11.3 Å². The Balaban J connectivity index is 1.36. The van der Waals surface area contributed by atoms with Gasteiger partial charge in [0.1, 0.15) is 17.5 Å². The molecule has 0 radical (unpaired) electrons. The highest BCUT2D eigenvalue weighted by atomic mass is 32.2. The average Bonchev–Trinajstić information content (AvgIpc) is 3.56. The number of hydrogen-bond acceptors (Lipinski definition) is 6. The molecule has 2 aliphatic rings. The highest BCUT2D eigenvalue weighted by Gasteiger charge is 2.64. The third kappa shape index (κ3) is 4.87. The van der Waals surface area contributed by atoms with Crippen LogP contribution in [0.4, 0.5) is 0 Å². The van der Waals surface area contributed by atoms with Gasteiger partial charge in [-0.05, 0) is 47.4 Å². The number of aryl methyl sites for hydroxylation is 1. The summed E-state index contributed by atoms with van der Waals surface area (Å²) in [7, 11) is 0. The van der Waals surface area contributed by atoms with E-state index in [1.165, 1.54) is 12.8 Å². The molecule has 0 saturated carbocycles. The molecular formula is C33H38N6OS. The Morgan fingerprint density at radius 3 is 1.95 bits per heavy atom. The number of nitrogens with zero attached hydrogens (tertiary/aromatic N) is 5. The molecule has 6 rings (SSSR count). The zero-order valence-electron chi connectivity index (χ0n) is 24.0. The number of aromatic nitrogens is 4. The summed E-state index contributed by atoms with van der Waals surface area (Å²) in [6.07, 6.45) is 4.57. The summed E-state index contributed by atoms with van der Waals surface area (Å²) >= 11 is 1.84. The summed E-state index contributed by atoms with van der Waals surface area (Å²) in [6, 6.07) is 30.8. The van der Waals surface area contributed by atoms with E-state index in [-0.39, 0.29) is 28.1 Å². The minimum absolute atomic E-state index is 0.0387. The van der Waals surface area contributed by atoms with Crippen LogP contribution in [0, 0.1) is 0 Å². The molecule has 0 bridgehead atoms. The van der Waals surface area contributed by atoms with Crippen molar-refractivity contribution < 1.29 is 4.79 Å². The summed E-state index contributed by atoms with van der Waals surface area (Å²) in [5.74, 6) is 0.875. The van der Waals surface area contributed by atoms with Crippen LogP contribution < -0.4 is 5.32 Å². The van der Waals surface area contributed by atoms with E-state index in [2.05, 4.69) is 114 Å². The van der Waals surface area contributed by atoms with E-state index >= 15 is 0 Å². The molecule has 3 unspecified atom stereocenters. The summed E-state index contributed by atoms with van der Waals surface area (Å²) in [6.45, 7) is 7.40. The van der Waals surface area contributed by atoms with Crippen molar-refractivity contribution in [2.45, 2.75) is 80.7 Å². The number of benzene rings is 3. The number of fused-ring (bicyclic) bond motifs is 1. The molecule has 41 heavy (non-hydrogen) atoms. The van der Waals surface area contributed by atoms with Crippen LogP contribution in [0.1, 0.15) is 75.0 Å². The number of unbranched alkanes of at least 4 members (excludes halogenated alkanes) is 3. The van der Waals surface area contributed by atoms with E-state index in [1.807, 2.05) is 39.5 Å². The first-order chi connectivity index (χ1) is 20.0. The number of carbonyl (C=O) groups is 1. The molecule has 7 nitrogen and oxygen atoms in total. The van der Waals surface area contributed by atoms with Gasteiger partial charge in [-0.25, -0.2) is 4.68 Å². The predicted octanol–water partition coefficient (Wildman–Crippen LogP) is 5.94. The number of β-lactam (4-membered cyclic amide) rings is 1. The van der Waals surface area contributed by atoms with Crippen LogP contribution in [0.15, 0.2) is 91.0 Å². The monoisotopic (exact) mass is 566 g/mol. The van der Waals surface area contributed by atoms with Crippen LogP contribution in [-0.2, 0) is 16.9 Å². The lowest BCUT2D eigenvalue weighted by Gasteiger charge is -2.49. The molecule has 212 valence electrons. The molecule has 3 heterocycles. The fraction of sp³-hybridized carbons (Fsp3) is 0.394. The fourth-order valence-electron chi connectivity index (χ4n) is 6.47. The van der Waals surface area contributed by atoms with Crippen LogP contribution in [0.3, 0.4) is 0 Å². The molecule has 1 aromatic heterocycles. The topological polar surface area (TPSA) is 75.9 Å². The Morgan fingerprint density at radius 2 is 1.41 bits per heavy atom. The van der Waals surface area contributed by atoms with Crippen LogP contribution in [-0.4, -0.2) is 47.2 Å². The zero-order valence-corrected chi connectivity index (χ0v) is 24.8. The van der Waals surface area contributed by atoms with E-state index < -0.39 is 5.54 Å². The molecule has 2 saturated heterocycles. The third-order valence-corrected chi connectivity index (χ3v) is 10.0. The Hall–Kier alpha value is -3.49. The second kappa shape index (κ2) is 11.4. The van der Waals surface area contributed by atoms with Crippen molar-refractivity contribution in [3.63, 3.8) is 0 Å². The molecule has 8 heteroatoms. The number of carbonyl (C=O) groups excluding carboxylic acids is 1. The lowest BCUT2D eigenvalue weighted by atomic mass is 9.76. The molecular weight excluding hydrogens is 528 g/mol. The first kappa shape index (κ1) is 27.7. The lowest BCUT2D eigenvalue weighted by Crippen LogP contribution is -2.70. The third-order valence-electron chi connectivity index (χ3n) is 8.46. The standard InChI is InChI=1S/C33H38N6OS/c1-4-5-6-16-23-38-29(35-36-37-38)28-32(2,3)41-31-27(30(40)39(28)31)34-33(24-17-10-7-11-18-24,25-19-12-8-13-20-25)26-21-14-9-15-22-26/h7-15,17-22,27-28,31,34H,4-6,16,23H2,1-3H3. The van der Waals surface area contributed by atoms with Gasteiger partial charge in [0.05, 0.1) is 5.54 Å². The minimum atomic E-state index is -0.708. The first-order valence-electron chi connectivity index (χ1n) is 14.7. The summed E-state index contributed by atoms with van der Waals surface area (Å²) < 4.78 is 1.67. The maximum atomic E-state index is 14.2. The van der Waals surface area contributed by atoms with Crippen molar-refractivity contribution in [2.24, 2.45) is 0 Å². The highest BCUT2D eigenvalue weighted by Crippen LogP contribution is 2.57. The van der Waals surface area contributed by atoms with E-state index in [1.54, 1.807) is 0 Å². The van der Waals surface area contributed by atoms with Gasteiger partial charge in [-0.3, -0.25) is 10.1 Å². The fourth-order valence-corrected chi connectivity index (χ4v) is 8.10. The SMILES string of the molecule is CCCCCCn1nnnc1C1N2C(=O)C(NC(c3ccccc3)(c3ccccc3)c3ccccc3)C2SC1(C)C. The predicted molar refractivity (Wildman–Crippen MR) is 163 cm³/mol. The summed E-state index contributed by atoms with van der Waals surface area (Å²) in [5.41, 5.74) is 2.58. The lowest BCUT2D eigenvalue weighted by molar-refractivity contribution is -0.150. The van der Waals surface area contributed by atoms with E-state index in [4.69, 9.17) is 0 Å². The van der Waals surface area contributed by atoms with Crippen molar-refractivity contribution in [2.75, 3.05) is 0 Å². The van der Waals surface area contributed by atoms with Crippen LogP contribution in [0.25, 0.3) is 0 Å². The van der Waals surface area contributed by atoms with E-state index in [9.17, 15) is 4.79 Å². The maximum absolute atomic E-state index is 14.2. The molecule has 2 aliphatic heterocycles. The van der Waals surface area contributed by atoms with Crippen LogP contribution in [0.2, 0.25) is 0 Å². The molecule has 1 amide bonds. The second-order valence-electron chi connectivity index (χ2n) is 11.6. The quantitative estimate of drug-likeness (QED) is 0.138. The summed E-state index contributed by atoms with van der Waals surface area (Å²) in [4.78, 5) is 16.2. The van der Waals surface area contributed by atoms with Gasteiger partial charge < -0.3 is 4.90 Å². The smallest absolute Gasteiger partial charge is 0.244 e. The van der Waals surface area contributed by atoms with Gasteiger partial charge in [-0.1, -0.05) is 117 Å². The van der Waals surface area contributed by atoms with E-state index in [0.717, 1.165) is 41.9 Å². The molecule has 1 N–H and O–H groups in total. The number of thioether (sulfide) groups is 1. The molecule has 0 spiro atoms. The Morgan fingerprint density at radius 1 is 0.854 bits per heavy atom. The van der Waals surface area contributed by atoms with Gasteiger partial charge in [0.15, 0.2) is 5.82 Å². The van der Waals surface area contributed by atoms with Crippen molar-refractivity contribution in [1.29, 1.82) is 0 Å². The second-order valence-corrected chi connectivity index (χ2v) is 13.3. The highest BCUT2D eigenvalue weighted by molar-refractivity contribution is 8.01. The van der Waals surface area contributed by atoms with Crippen molar-refractivity contribution in [3.05, 3.63) is 114 Å². The summed E-state index contributed by atoms with van der Waals surface area (Å²) in [5, 5.41) is 16.7. The Kier molecular flexibility index (Phi) is 7.70. The first-order valence-corrected chi connectivity index (χ1v) is 15.6. The van der Waals surface area contributed by atoms with Crippen molar-refractivity contribution >= 4 is 17.7 Å². The maximum Gasteiger partial charge on any atom is 0.244 e. The van der Waals surface area contributed by atoms with Gasteiger partial charge in [0.25, 0.3) is 0 Å².